The van der Waals surface area contributed by atoms with Crippen LogP contribution < -0.4 is 4.74 Å². The van der Waals surface area contributed by atoms with E-state index < -0.39 is 0 Å². The van der Waals surface area contributed by atoms with E-state index in [0.717, 1.165) is 36.1 Å². The third-order valence-corrected chi connectivity index (χ3v) is 5.61. The highest BCUT2D eigenvalue weighted by Gasteiger charge is 2.35. The minimum Gasteiger partial charge on any atom is -0.497 e. The van der Waals surface area contributed by atoms with Crippen LogP contribution in [0.1, 0.15) is 25.3 Å². The van der Waals surface area contributed by atoms with Gasteiger partial charge in [0.15, 0.2) is 0 Å². The van der Waals surface area contributed by atoms with Gasteiger partial charge in [-0.25, -0.2) is 0 Å². The maximum absolute atomic E-state index is 5.70. The Kier molecular flexibility index (Phi) is 3.90. The summed E-state index contributed by atoms with van der Waals surface area (Å²) >= 11 is 0. The van der Waals surface area contributed by atoms with Gasteiger partial charge in [0.05, 0.1) is 13.4 Å². The summed E-state index contributed by atoms with van der Waals surface area (Å²) in [7, 11) is 1.71. The van der Waals surface area contributed by atoms with Gasteiger partial charge in [-0.15, -0.1) is 0 Å². The molecule has 0 radical (unpaired) electrons. The third kappa shape index (κ3) is 2.67. The number of nitrogens with zero attached hydrogens (tertiary/aromatic N) is 1. The smallest absolute Gasteiger partial charge is 0.134 e. The van der Waals surface area contributed by atoms with Crippen molar-refractivity contribution in [3.8, 4) is 5.75 Å². The Hall–Kier alpha value is -1.74. The highest BCUT2D eigenvalue weighted by molar-refractivity contribution is 5.82. The molecule has 23 heavy (non-hydrogen) atoms. The predicted octanol–water partition coefficient (Wildman–Crippen LogP) is 4.27. The van der Waals surface area contributed by atoms with E-state index in [-0.39, 0.29) is 0 Å². The fraction of sp³-hybridized carbons (Fsp3) is 0.500. The first-order valence-corrected chi connectivity index (χ1v) is 8.75. The van der Waals surface area contributed by atoms with Crippen molar-refractivity contribution in [3.63, 3.8) is 0 Å². The maximum Gasteiger partial charge on any atom is 0.134 e. The number of methoxy groups -OCH3 is 1. The summed E-state index contributed by atoms with van der Waals surface area (Å²) in [5.41, 5.74) is 2.24. The fourth-order valence-electron chi connectivity index (χ4n) is 4.31. The van der Waals surface area contributed by atoms with Crippen LogP contribution in [0.3, 0.4) is 0 Å². The molecule has 2 bridgehead atoms. The van der Waals surface area contributed by atoms with Crippen molar-refractivity contribution in [2.24, 2.45) is 11.8 Å². The minimum atomic E-state index is 0.637. The lowest BCUT2D eigenvalue weighted by Crippen LogP contribution is -2.50. The summed E-state index contributed by atoms with van der Waals surface area (Å²) in [6, 6.07) is 6.68. The standard InChI is InChI=1S/C20H25NO2/c1-3-15-10-14-4-6-19(15)21(12-14)9-8-16-13-23-20-7-5-17(22-2)11-18(16)20/h4-7,11,13-15,19H,3,8-10,12H2,1-2H3. The van der Waals surface area contributed by atoms with Crippen molar-refractivity contribution in [1.29, 1.82) is 0 Å². The second-order valence-electron chi connectivity index (χ2n) is 6.91. The van der Waals surface area contributed by atoms with Crippen molar-refractivity contribution >= 4 is 11.0 Å². The summed E-state index contributed by atoms with van der Waals surface area (Å²) in [4.78, 5) is 2.67. The van der Waals surface area contributed by atoms with E-state index in [4.69, 9.17) is 9.15 Å². The van der Waals surface area contributed by atoms with Gasteiger partial charge in [0.25, 0.3) is 0 Å². The maximum atomic E-state index is 5.70. The Morgan fingerprint density at radius 1 is 1.30 bits per heavy atom. The summed E-state index contributed by atoms with van der Waals surface area (Å²) in [6.45, 7) is 4.65. The molecule has 3 unspecified atom stereocenters. The number of benzene rings is 1. The molecule has 3 atom stereocenters. The molecule has 0 saturated carbocycles. The molecule has 1 aromatic heterocycles. The lowest BCUT2D eigenvalue weighted by atomic mass is 9.76. The lowest BCUT2D eigenvalue weighted by Gasteiger charge is -2.46. The van der Waals surface area contributed by atoms with Crippen molar-refractivity contribution in [3.05, 3.63) is 42.2 Å². The van der Waals surface area contributed by atoms with Gasteiger partial charge in [-0.2, -0.15) is 0 Å². The first-order chi connectivity index (χ1) is 11.3. The molecule has 0 spiro atoms. The summed E-state index contributed by atoms with van der Waals surface area (Å²) in [5.74, 6) is 2.48. The van der Waals surface area contributed by atoms with E-state index >= 15 is 0 Å². The van der Waals surface area contributed by atoms with Crippen LogP contribution in [0.4, 0.5) is 0 Å². The van der Waals surface area contributed by atoms with Gasteiger partial charge in [0.2, 0.25) is 0 Å². The highest BCUT2D eigenvalue weighted by Crippen LogP contribution is 2.36. The van der Waals surface area contributed by atoms with Gasteiger partial charge in [0, 0.05) is 24.5 Å². The zero-order chi connectivity index (χ0) is 15.8. The van der Waals surface area contributed by atoms with Gasteiger partial charge < -0.3 is 9.15 Å². The number of ether oxygens (including phenoxy) is 1. The van der Waals surface area contributed by atoms with Crippen LogP contribution in [0.5, 0.6) is 5.75 Å². The number of piperidine rings is 1. The molecule has 2 aromatic rings. The molecule has 3 heteroatoms. The molecule has 2 aliphatic heterocycles. The molecular formula is C20H25NO2. The molecule has 0 N–H and O–H groups in total. The van der Waals surface area contributed by atoms with Crippen LogP contribution in [-0.2, 0) is 6.42 Å². The zero-order valence-electron chi connectivity index (χ0n) is 14.0. The summed E-state index contributed by atoms with van der Waals surface area (Å²) in [6.07, 6.45) is 10.5. The van der Waals surface area contributed by atoms with Crippen molar-refractivity contribution in [1.82, 2.24) is 4.90 Å². The number of hydrogen-bond acceptors (Lipinski definition) is 3. The molecule has 0 amide bonds. The number of rotatable bonds is 5. The van der Waals surface area contributed by atoms with E-state index in [1.54, 1.807) is 7.11 Å². The summed E-state index contributed by atoms with van der Waals surface area (Å²) < 4.78 is 11.1. The van der Waals surface area contributed by atoms with Crippen molar-refractivity contribution in [2.75, 3.05) is 20.2 Å². The van der Waals surface area contributed by atoms with Crippen LogP contribution in [0.15, 0.2) is 41.0 Å². The van der Waals surface area contributed by atoms with Crippen LogP contribution in [0.25, 0.3) is 11.0 Å². The molecule has 3 aliphatic rings. The number of hydrogen-bond donors (Lipinski definition) is 0. The van der Waals surface area contributed by atoms with Crippen molar-refractivity contribution in [2.45, 2.75) is 32.2 Å². The van der Waals surface area contributed by atoms with Crippen molar-refractivity contribution < 1.29 is 9.15 Å². The largest absolute Gasteiger partial charge is 0.497 e. The molecule has 5 rings (SSSR count). The van der Waals surface area contributed by atoms with Crippen LogP contribution in [0.2, 0.25) is 0 Å². The predicted molar refractivity (Wildman–Crippen MR) is 92.9 cm³/mol. The number of fused-ring (bicyclic) bond motifs is 3. The Morgan fingerprint density at radius 2 is 2.22 bits per heavy atom. The van der Waals surface area contributed by atoms with E-state index in [0.29, 0.717) is 6.04 Å². The molecule has 1 aromatic carbocycles. The van der Waals surface area contributed by atoms with Crippen LogP contribution in [0, 0.1) is 11.8 Å². The summed E-state index contributed by atoms with van der Waals surface area (Å²) in [5, 5.41) is 1.19. The van der Waals surface area contributed by atoms with Crippen LogP contribution in [-0.4, -0.2) is 31.1 Å². The Bertz CT molecular complexity index is 718. The number of furan rings is 1. The fourth-order valence-corrected chi connectivity index (χ4v) is 4.31. The first kappa shape index (κ1) is 14.8. The second kappa shape index (κ2) is 6.04. The van der Waals surface area contributed by atoms with Crippen LogP contribution >= 0.6 is 0 Å². The normalized spacial score (nSPS) is 27.0. The van der Waals surface area contributed by atoms with E-state index in [1.165, 1.54) is 30.3 Å². The Balaban J connectivity index is 1.50. The molecule has 1 saturated heterocycles. The molecule has 1 fully saturated rings. The topological polar surface area (TPSA) is 25.6 Å². The van der Waals surface area contributed by atoms with Gasteiger partial charge in [0.1, 0.15) is 11.3 Å². The molecule has 1 aliphatic carbocycles. The van der Waals surface area contributed by atoms with Gasteiger partial charge in [-0.1, -0.05) is 25.5 Å². The minimum absolute atomic E-state index is 0.637. The molecular weight excluding hydrogens is 286 g/mol. The quantitative estimate of drug-likeness (QED) is 0.771. The van der Waals surface area contributed by atoms with Gasteiger partial charge >= 0.3 is 0 Å². The van der Waals surface area contributed by atoms with Gasteiger partial charge in [-0.05, 0) is 48.4 Å². The molecule has 3 nitrogen and oxygen atoms in total. The highest BCUT2D eigenvalue weighted by atomic mass is 16.5. The monoisotopic (exact) mass is 311 g/mol. The van der Waals surface area contributed by atoms with Gasteiger partial charge in [-0.3, -0.25) is 4.90 Å². The van der Waals surface area contributed by atoms with E-state index in [2.05, 4.69) is 30.0 Å². The SMILES string of the molecule is CCC1CC2C=CC1N(CCc1coc3ccc(OC)cc13)C2. The van der Waals surface area contributed by atoms with E-state index in [9.17, 15) is 0 Å². The Labute approximate surface area is 137 Å². The lowest BCUT2D eigenvalue weighted by molar-refractivity contribution is 0.0826. The molecule has 3 heterocycles. The average molecular weight is 311 g/mol. The Morgan fingerprint density at radius 3 is 3.00 bits per heavy atom. The first-order valence-electron chi connectivity index (χ1n) is 8.75. The second-order valence-corrected chi connectivity index (χ2v) is 6.91. The zero-order valence-corrected chi connectivity index (χ0v) is 14.0. The van der Waals surface area contributed by atoms with E-state index in [1.807, 2.05) is 18.4 Å². The third-order valence-electron chi connectivity index (χ3n) is 5.61. The average Bonchev–Trinajstić information content (AvgIpc) is 3.02. The molecule has 122 valence electrons.